The molecule has 1 unspecified atom stereocenters. The monoisotopic (exact) mass is 483 g/mol. The summed E-state index contributed by atoms with van der Waals surface area (Å²) >= 11 is 0. The standard InChI is InChI=1S/C16H14F5N5O5S/c1-29-14-9(31-12(21)11(19)20)15(30-2)25-16(24-14)26-32(27,28)8-5-22-13-6(8)3-4-7(23-13)10(17)18/h3-5,10-12H,1-2H3,(H,22,23)(H,24,25,26). The topological polar surface area (TPSA) is 128 Å². The highest BCUT2D eigenvalue weighted by atomic mass is 32.2. The number of alkyl halides is 5. The molecular formula is C16H14F5N5O5S. The van der Waals surface area contributed by atoms with Crippen molar-refractivity contribution in [1.29, 1.82) is 0 Å². The van der Waals surface area contributed by atoms with Crippen molar-refractivity contribution in [3.05, 3.63) is 24.0 Å². The Morgan fingerprint density at radius 1 is 1.00 bits per heavy atom. The predicted molar refractivity (Wildman–Crippen MR) is 98.5 cm³/mol. The van der Waals surface area contributed by atoms with Crippen LogP contribution in [0.15, 0.2) is 23.2 Å². The molecule has 0 radical (unpaired) electrons. The summed E-state index contributed by atoms with van der Waals surface area (Å²) in [6.07, 6.45) is -8.40. The second kappa shape index (κ2) is 8.97. The van der Waals surface area contributed by atoms with Crippen molar-refractivity contribution in [3.63, 3.8) is 0 Å². The lowest BCUT2D eigenvalue weighted by molar-refractivity contribution is -0.0692. The fourth-order valence-electron chi connectivity index (χ4n) is 2.51. The molecule has 0 amide bonds. The Balaban J connectivity index is 1.98. The van der Waals surface area contributed by atoms with Gasteiger partial charge in [0, 0.05) is 11.6 Å². The number of methoxy groups -OCH3 is 2. The van der Waals surface area contributed by atoms with Crippen molar-refractivity contribution < 1.29 is 44.6 Å². The first-order valence-corrected chi connectivity index (χ1v) is 9.93. The van der Waals surface area contributed by atoms with Crippen LogP contribution >= 0.6 is 0 Å². The third-order valence-corrected chi connectivity index (χ3v) is 5.25. The molecule has 0 saturated heterocycles. The molecule has 0 aromatic carbocycles. The quantitative estimate of drug-likeness (QED) is 0.445. The van der Waals surface area contributed by atoms with Gasteiger partial charge in [-0.25, -0.2) is 35.7 Å². The summed E-state index contributed by atoms with van der Waals surface area (Å²) < 4.78 is 106. The Labute approximate surface area is 176 Å². The Kier molecular flexibility index (Phi) is 6.52. The lowest BCUT2D eigenvalue weighted by atomic mass is 10.3. The highest BCUT2D eigenvalue weighted by Crippen LogP contribution is 2.37. The summed E-state index contributed by atoms with van der Waals surface area (Å²) in [7, 11) is -2.34. The highest BCUT2D eigenvalue weighted by molar-refractivity contribution is 7.93. The van der Waals surface area contributed by atoms with Crippen LogP contribution in [0.4, 0.5) is 27.9 Å². The van der Waals surface area contributed by atoms with E-state index >= 15 is 0 Å². The molecule has 0 aliphatic carbocycles. The minimum absolute atomic E-state index is 0.00186. The Bertz CT molecular complexity index is 1200. The molecule has 0 aliphatic rings. The molecule has 2 N–H and O–H groups in total. The van der Waals surface area contributed by atoms with Crippen molar-refractivity contribution in [1.82, 2.24) is 19.9 Å². The number of aromatic nitrogens is 4. The first-order valence-electron chi connectivity index (χ1n) is 8.45. The van der Waals surface area contributed by atoms with Crippen LogP contribution < -0.4 is 18.9 Å². The zero-order valence-electron chi connectivity index (χ0n) is 16.1. The molecule has 0 spiro atoms. The van der Waals surface area contributed by atoms with Crippen LogP contribution in [-0.4, -0.2) is 55.4 Å². The molecule has 3 aromatic heterocycles. The van der Waals surface area contributed by atoms with Gasteiger partial charge in [-0.15, -0.1) is 0 Å². The average Bonchev–Trinajstić information content (AvgIpc) is 3.18. The Morgan fingerprint density at radius 2 is 1.62 bits per heavy atom. The van der Waals surface area contributed by atoms with Gasteiger partial charge in [-0.1, -0.05) is 0 Å². The molecule has 3 heterocycles. The SMILES string of the molecule is COc1nc(NS(=O)(=O)c2c[nH]c3nc(C(F)F)ccc23)nc(OC)c1OC(F)C(F)F. The van der Waals surface area contributed by atoms with Crippen molar-refractivity contribution in [2.75, 3.05) is 18.9 Å². The van der Waals surface area contributed by atoms with E-state index in [9.17, 15) is 30.4 Å². The number of nitrogens with one attached hydrogen (secondary N) is 2. The van der Waals surface area contributed by atoms with Crippen molar-refractivity contribution in [2.24, 2.45) is 0 Å². The molecule has 10 nitrogen and oxygen atoms in total. The summed E-state index contributed by atoms with van der Waals surface area (Å²) in [5.74, 6) is -2.55. The maximum atomic E-state index is 13.3. The summed E-state index contributed by atoms with van der Waals surface area (Å²) in [6, 6.07) is 2.10. The van der Waals surface area contributed by atoms with Gasteiger partial charge in [0.2, 0.25) is 11.7 Å². The fraction of sp³-hybridized carbons (Fsp3) is 0.312. The number of pyridine rings is 1. The summed E-state index contributed by atoms with van der Waals surface area (Å²) in [5.41, 5.74) is -0.663. The van der Waals surface area contributed by atoms with Gasteiger partial charge in [-0.2, -0.15) is 14.4 Å². The zero-order chi connectivity index (χ0) is 23.6. The second-order valence-corrected chi connectivity index (χ2v) is 7.54. The number of sulfonamides is 1. The molecule has 0 bridgehead atoms. The third-order valence-electron chi connectivity index (χ3n) is 3.88. The van der Waals surface area contributed by atoms with E-state index in [1.54, 1.807) is 0 Å². The third kappa shape index (κ3) is 4.58. The molecule has 16 heteroatoms. The van der Waals surface area contributed by atoms with Crippen molar-refractivity contribution in [2.45, 2.75) is 24.1 Å². The number of aromatic amines is 1. The molecule has 174 valence electrons. The summed E-state index contributed by atoms with van der Waals surface area (Å²) in [6.45, 7) is 0. The molecule has 0 saturated carbocycles. The molecule has 1 atom stereocenters. The number of halogens is 5. The van der Waals surface area contributed by atoms with Gasteiger partial charge < -0.3 is 19.2 Å². The number of nitrogens with zero attached hydrogens (tertiary/aromatic N) is 3. The Morgan fingerprint density at radius 3 is 2.16 bits per heavy atom. The molecule has 32 heavy (non-hydrogen) atoms. The lowest BCUT2D eigenvalue weighted by Crippen LogP contribution is -2.21. The van der Waals surface area contributed by atoms with E-state index in [1.165, 1.54) is 0 Å². The van der Waals surface area contributed by atoms with Gasteiger partial charge in [0.25, 0.3) is 34.6 Å². The van der Waals surface area contributed by atoms with Gasteiger partial charge in [0.05, 0.1) is 14.2 Å². The van der Waals surface area contributed by atoms with Gasteiger partial charge in [0.15, 0.2) is 0 Å². The van der Waals surface area contributed by atoms with Crippen LogP contribution in [0.2, 0.25) is 0 Å². The van der Waals surface area contributed by atoms with Crippen LogP contribution in [0.5, 0.6) is 17.5 Å². The summed E-state index contributed by atoms with van der Waals surface area (Å²) in [5, 5.41) is -0.00186. The normalized spacial score (nSPS) is 12.9. The van der Waals surface area contributed by atoms with E-state index in [0.717, 1.165) is 32.5 Å². The van der Waals surface area contributed by atoms with Crippen LogP contribution in [0.1, 0.15) is 12.1 Å². The minimum Gasteiger partial charge on any atom is -0.478 e. The van der Waals surface area contributed by atoms with E-state index < -0.39 is 58.4 Å². The number of hydrogen-bond acceptors (Lipinski definition) is 8. The van der Waals surface area contributed by atoms with Gasteiger partial charge in [-0.05, 0) is 12.1 Å². The number of ether oxygens (including phenoxy) is 3. The summed E-state index contributed by atoms with van der Waals surface area (Å²) in [4.78, 5) is 13.1. The maximum absolute atomic E-state index is 13.3. The van der Waals surface area contributed by atoms with E-state index in [2.05, 4.69) is 24.7 Å². The van der Waals surface area contributed by atoms with E-state index in [4.69, 9.17) is 9.47 Å². The van der Waals surface area contributed by atoms with Gasteiger partial charge in [0.1, 0.15) is 16.2 Å². The molecular weight excluding hydrogens is 469 g/mol. The van der Waals surface area contributed by atoms with Crippen LogP contribution in [0.25, 0.3) is 11.0 Å². The maximum Gasteiger partial charge on any atom is 0.304 e. The molecule has 0 fully saturated rings. The van der Waals surface area contributed by atoms with Crippen LogP contribution in [0, 0.1) is 0 Å². The number of anilines is 1. The minimum atomic E-state index is -4.41. The van der Waals surface area contributed by atoms with Crippen molar-refractivity contribution >= 4 is 27.0 Å². The number of fused-ring (bicyclic) bond motifs is 1. The molecule has 3 rings (SSSR count). The largest absolute Gasteiger partial charge is 0.478 e. The van der Waals surface area contributed by atoms with E-state index in [1.807, 2.05) is 4.72 Å². The van der Waals surface area contributed by atoms with E-state index in [0.29, 0.717) is 0 Å². The Hall–Kier alpha value is -3.43. The molecule has 3 aromatic rings. The number of H-pyrrole nitrogens is 1. The first-order chi connectivity index (χ1) is 15.1. The highest BCUT2D eigenvalue weighted by Gasteiger charge is 2.29. The van der Waals surface area contributed by atoms with E-state index in [-0.39, 0.29) is 15.9 Å². The second-order valence-electron chi connectivity index (χ2n) is 5.89. The van der Waals surface area contributed by atoms with Crippen LogP contribution in [0.3, 0.4) is 0 Å². The van der Waals surface area contributed by atoms with Gasteiger partial charge in [-0.3, -0.25) is 0 Å². The fourth-order valence-corrected chi connectivity index (χ4v) is 3.62. The zero-order valence-corrected chi connectivity index (χ0v) is 17.0. The smallest absolute Gasteiger partial charge is 0.304 e. The van der Waals surface area contributed by atoms with Gasteiger partial charge >= 0.3 is 6.43 Å². The first kappa shape index (κ1) is 23.2. The lowest BCUT2D eigenvalue weighted by Gasteiger charge is -2.16. The average molecular weight is 483 g/mol. The number of hydrogen-bond donors (Lipinski definition) is 2. The predicted octanol–water partition coefficient (Wildman–Crippen LogP) is 3.05. The molecule has 0 aliphatic heterocycles. The number of rotatable bonds is 9. The van der Waals surface area contributed by atoms with Crippen molar-refractivity contribution in [3.8, 4) is 17.5 Å². The van der Waals surface area contributed by atoms with Crippen LogP contribution in [-0.2, 0) is 10.0 Å².